The number of nitrogens with one attached hydrogen (secondary N) is 1. The number of benzene rings is 2. The summed E-state index contributed by atoms with van der Waals surface area (Å²) in [5.74, 6) is 1.51. The van der Waals surface area contributed by atoms with E-state index in [1.165, 1.54) is 16.9 Å². The number of thioether (sulfide) groups is 1. The van der Waals surface area contributed by atoms with Crippen molar-refractivity contribution in [2.75, 3.05) is 4.72 Å². The summed E-state index contributed by atoms with van der Waals surface area (Å²) < 4.78 is 26.9. The quantitative estimate of drug-likeness (QED) is 0.630. The van der Waals surface area contributed by atoms with Crippen molar-refractivity contribution in [1.82, 2.24) is 10.2 Å². The highest BCUT2D eigenvalue weighted by Gasteiger charge is 2.14. The highest BCUT2D eigenvalue weighted by molar-refractivity contribution is 7.97. The predicted octanol–water partition coefficient (Wildman–Crippen LogP) is 3.91. The molecule has 0 atom stereocenters. The Kier molecular flexibility index (Phi) is 6.06. The minimum Gasteiger partial charge on any atom is -0.257 e. The molecule has 130 valence electrons. The molecule has 1 aromatic heterocycles. The molecule has 0 saturated carbocycles. The van der Waals surface area contributed by atoms with Gasteiger partial charge in [-0.1, -0.05) is 72.0 Å². The third-order valence-electron chi connectivity index (χ3n) is 3.25. The molecule has 0 amide bonds. The van der Waals surface area contributed by atoms with E-state index in [0.717, 1.165) is 16.3 Å². The molecule has 1 heterocycles. The summed E-state index contributed by atoms with van der Waals surface area (Å²) in [6.07, 6.45) is 0. The molecule has 5 nitrogen and oxygen atoms in total. The molecule has 3 rings (SSSR count). The van der Waals surface area contributed by atoms with Crippen LogP contribution in [0.1, 0.15) is 16.1 Å². The number of hydrogen-bond donors (Lipinski definition) is 1. The molecular weight excluding hydrogens is 374 g/mol. The predicted molar refractivity (Wildman–Crippen MR) is 104 cm³/mol. The molecule has 2 aromatic carbocycles. The van der Waals surface area contributed by atoms with Gasteiger partial charge < -0.3 is 0 Å². The number of aromatic nitrogens is 2. The fourth-order valence-electron chi connectivity index (χ4n) is 2.15. The van der Waals surface area contributed by atoms with Gasteiger partial charge in [-0.15, -0.1) is 22.0 Å². The summed E-state index contributed by atoms with van der Waals surface area (Å²) in [4.78, 5) is 0. The van der Waals surface area contributed by atoms with Gasteiger partial charge in [0.1, 0.15) is 5.01 Å². The monoisotopic (exact) mass is 391 g/mol. The van der Waals surface area contributed by atoms with E-state index in [-0.39, 0.29) is 5.75 Å². The Hall–Kier alpha value is -1.90. The van der Waals surface area contributed by atoms with Crippen LogP contribution in [0.3, 0.4) is 0 Å². The van der Waals surface area contributed by atoms with Crippen molar-refractivity contribution in [3.05, 3.63) is 76.8 Å². The summed E-state index contributed by atoms with van der Waals surface area (Å²) >= 11 is 3.00. The highest BCUT2D eigenvalue weighted by atomic mass is 32.2. The minimum atomic E-state index is -3.49. The average Bonchev–Trinajstić information content (AvgIpc) is 3.03. The molecule has 3 aromatic rings. The average molecular weight is 392 g/mol. The van der Waals surface area contributed by atoms with E-state index >= 15 is 0 Å². The molecule has 0 aliphatic carbocycles. The molecular formula is C17H17N3O2S3. The molecule has 0 fully saturated rings. The van der Waals surface area contributed by atoms with Gasteiger partial charge in [0.25, 0.3) is 0 Å². The molecule has 0 spiro atoms. The van der Waals surface area contributed by atoms with Gasteiger partial charge in [-0.2, -0.15) is 0 Å². The van der Waals surface area contributed by atoms with E-state index in [1.807, 2.05) is 36.4 Å². The van der Waals surface area contributed by atoms with Crippen LogP contribution in [0.4, 0.5) is 5.13 Å². The maximum atomic E-state index is 12.2. The third kappa shape index (κ3) is 5.84. The lowest BCUT2D eigenvalue weighted by Gasteiger charge is -2.04. The van der Waals surface area contributed by atoms with Crippen LogP contribution >= 0.6 is 23.1 Å². The lowest BCUT2D eigenvalue weighted by molar-refractivity contribution is 0.600. The Morgan fingerprint density at radius 3 is 2.20 bits per heavy atom. The van der Waals surface area contributed by atoms with Crippen LogP contribution < -0.4 is 4.72 Å². The van der Waals surface area contributed by atoms with Crippen LogP contribution in [0.15, 0.2) is 60.7 Å². The molecule has 1 N–H and O–H groups in total. The number of hydrogen-bond acceptors (Lipinski definition) is 6. The maximum absolute atomic E-state index is 12.2. The van der Waals surface area contributed by atoms with E-state index in [9.17, 15) is 8.42 Å². The van der Waals surface area contributed by atoms with Gasteiger partial charge in [0.2, 0.25) is 15.2 Å². The van der Waals surface area contributed by atoms with Crippen molar-refractivity contribution < 1.29 is 8.42 Å². The van der Waals surface area contributed by atoms with Crippen molar-refractivity contribution in [3.63, 3.8) is 0 Å². The SMILES string of the molecule is O=S(=O)(Cc1ccccc1)Nc1nnc(CSCc2ccccc2)s1. The summed E-state index contributed by atoms with van der Waals surface area (Å²) in [5, 5.41) is 9.11. The molecule has 0 saturated heterocycles. The number of rotatable bonds is 8. The first-order chi connectivity index (χ1) is 12.1. The van der Waals surface area contributed by atoms with E-state index in [2.05, 4.69) is 27.1 Å². The topological polar surface area (TPSA) is 72.0 Å². The fourth-order valence-corrected chi connectivity index (χ4v) is 5.34. The second-order valence-electron chi connectivity index (χ2n) is 5.33. The molecule has 8 heteroatoms. The normalized spacial score (nSPS) is 11.4. The van der Waals surface area contributed by atoms with Gasteiger partial charge >= 0.3 is 0 Å². The van der Waals surface area contributed by atoms with Gasteiger partial charge in [0.15, 0.2) is 0 Å². The maximum Gasteiger partial charge on any atom is 0.238 e. The number of nitrogens with zero attached hydrogens (tertiary/aromatic N) is 2. The van der Waals surface area contributed by atoms with Crippen LogP contribution in [0.25, 0.3) is 0 Å². The van der Waals surface area contributed by atoms with Crippen molar-refractivity contribution in [2.45, 2.75) is 17.3 Å². The lowest BCUT2D eigenvalue weighted by atomic mass is 10.2. The summed E-state index contributed by atoms with van der Waals surface area (Å²) in [6, 6.07) is 19.2. The first kappa shape index (κ1) is 17.9. The van der Waals surface area contributed by atoms with Gasteiger partial charge in [-0.05, 0) is 11.1 Å². The Bertz CT molecular complexity index is 897. The lowest BCUT2D eigenvalue weighted by Crippen LogP contribution is -2.14. The fraction of sp³-hybridized carbons (Fsp3) is 0.176. The van der Waals surface area contributed by atoms with Crippen molar-refractivity contribution in [2.24, 2.45) is 0 Å². The van der Waals surface area contributed by atoms with Crippen LogP contribution in [0.2, 0.25) is 0 Å². The molecule has 0 radical (unpaired) electrons. The smallest absolute Gasteiger partial charge is 0.238 e. The first-order valence-corrected chi connectivity index (χ1v) is 11.2. The van der Waals surface area contributed by atoms with Crippen molar-refractivity contribution in [3.8, 4) is 0 Å². The zero-order valence-corrected chi connectivity index (χ0v) is 15.8. The second kappa shape index (κ2) is 8.46. The molecule has 25 heavy (non-hydrogen) atoms. The molecule has 0 aliphatic heterocycles. The van der Waals surface area contributed by atoms with E-state index in [1.54, 1.807) is 23.9 Å². The number of anilines is 1. The van der Waals surface area contributed by atoms with Crippen molar-refractivity contribution in [1.29, 1.82) is 0 Å². The van der Waals surface area contributed by atoms with Crippen LogP contribution in [-0.2, 0) is 27.3 Å². The van der Waals surface area contributed by atoms with Crippen LogP contribution in [0.5, 0.6) is 0 Å². The Balaban J connectivity index is 1.52. The van der Waals surface area contributed by atoms with Crippen LogP contribution in [0, 0.1) is 0 Å². The number of sulfonamides is 1. The van der Waals surface area contributed by atoms with Crippen molar-refractivity contribution >= 4 is 38.3 Å². The van der Waals surface area contributed by atoms with E-state index in [4.69, 9.17) is 0 Å². The summed E-state index contributed by atoms with van der Waals surface area (Å²) in [5.41, 5.74) is 1.99. The summed E-state index contributed by atoms with van der Waals surface area (Å²) in [7, 11) is -3.49. The second-order valence-corrected chi connectivity index (χ2v) is 9.10. The Labute approximate surface area is 155 Å². The van der Waals surface area contributed by atoms with Gasteiger partial charge in [0, 0.05) is 11.5 Å². The largest absolute Gasteiger partial charge is 0.257 e. The van der Waals surface area contributed by atoms with Crippen LogP contribution in [-0.4, -0.2) is 18.6 Å². The standard InChI is InChI=1S/C17H17N3O2S3/c21-25(22,13-15-9-5-2-6-10-15)20-17-19-18-16(24-17)12-23-11-14-7-3-1-4-8-14/h1-10H,11-13H2,(H,19,20). The zero-order valence-electron chi connectivity index (χ0n) is 13.3. The van der Waals surface area contributed by atoms with Gasteiger partial charge in [-0.3, -0.25) is 4.72 Å². The molecule has 0 aliphatic rings. The van der Waals surface area contributed by atoms with Gasteiger partial charge in [-0.25, -0.2) is 8.42 Å². The Morgan fingerprint density at radius 2 is 1.52 bits per heavy atom. The third-order valence-corrected chi connectivity index (χ3v) is 6.63. The van der Waals surface area contributed by atoms with E-state index in [0.29, 0.717) is 10.9 Å². The first-order valence-electron chi connectivity index (χ1n) is 7.59. The molecule has 0 unspecified atom stereocenters. The van der Waals surface area contributed by atoms with Gasteiger partial charge in [0.05, 0.1) is 5.75 Å². The molecule has 0 bridgehead atoms. The zero-order chi connectivity index (χ0) is 17.5. The Morgan fingerprint density at radius 1 is 0.880 bits per heavy atom. The van der Waals surface area contributed by atoms with E-state index < -0.39 is 10.0 Å². The minimum absolute atomic E-state index is 0.0779. The summed E-state index contributed by atoms with van der Waals surface area (Å²) in [6.45, 7) is 0. The highest BCUT2D eigenvalue weighted by Crippen LogP contribution is 2.23.